The predicted molar refractivity (Wildman–Crippen MR) is 54.4 cm³/mol. The van der Waals surface area contributed by atoms with Crippen molar-refractivity contribution in [2.45, 2.75) is 12.7 Å². The number of ether oxygens (including phenoxy) is 3. The van der Waals surface area contributed by atoms with Crippen LogP contribution in [0.3, 0.4) is 0 Å². The highest BCUT2D eigenvalue weighted by Crippen LogP contribution is 2.26. The van der Waals surface area contributed by atoms with Gasteiger partial charge >= 0.3 is 0 Å². The first kappa shape index (κ1) is 11.0. The number of methoxy groups -OCH3 is 3. The van der Waals surface area contributed by atoms with Crippen molar-refractivity contribution in [3.8, 4) is 5.75 Å². The van der Waals surface area contributed by atoms with Crippen LogP contribution in [0.4, 0.5) is 0 Å². The molecule has 1 rings (SSSR count). The molecule has 0 aliphatic rings. The molecule has 0 unspecified atom stereocenters. The molecule has 0 fully saturated rings. The molecular weight excluding hydrogens is 180 g/mol. The summed E-state index contributed by atoms with van der Waals surface area (Å²) in [7, 11) is 4.88. The van der Waals surface area contributed by atoms with Crippen LogP contribution in [0, 0.1) is 0 Å². The van der Waals surface area contributed by atoms with Crippen molar-refractivity contribution in [1.29, 1.82) is 0 Å². The average Bonchev–Trinajstić information content (AvgIpc) is 2.28. The van der Waals surface area contributed by atoms with E-state index in [0.29, 0.717) is 0 Å². The highest BCUT2D eigenvalue weighted by Gasteiger charge is 2.24. The second kappa shape index (κ2) is 4.44. The van der Waals surface area contributed by atoms with Gasteiger partial charge in [-0.1, -0.05) is 0 Å². The Labute approximate surface area is 84.6 Å². The minimum atomic E-state index is -0.688. The van der Waals surface area contributed by atoms with E-state index in [4.69, 9.17) is 14.2 Å². The van der Waals surface area contributed by atoms with Gasteiger partial charge in [-0.05, 0) is 31.2 Å². The monoisotopic (exact) mass is 196 g/mol. The van der Waals surface area contributed by atoms with E-state index in [2.05, 4.69) is 0 Å². The summed E-state index contributed by atoms with van der Waals surface area (Å²) in [6, 6.07) is 7.61. The largest absolute Gasteiger partial charge is 0.497 e. The SMILES string of the molecule is COc1ccc(C(C)(OC)OC)cc1. The fraction of sp³-hybridized carbons (Fsp3) is 0.455. The van der Waals surface area contributed by atoms with Crippen LogP contribution in [0.15, 0.2) is 24.3 Å². The molecule has 3 heteroatoms. The fourth-order valence-electron chi connectivity index (χ4n) is 1.21. The van der Waals surface area contributed by atoms with Crippen LogP contribution >= 0.6 is 0 Å². The first-order valence-corrected chi connectivity index (χ1v) is 4.41. The van der Waals surface area contributed by atoms with Crippen LogP contribution in [-0.2, 0) is 15.3 Å². The van der Waals surface area contributed by atoms with Crippen LogP contribution in [0.2, 0.25) is 0 Å². The summed E-state index contributed by atoms with van der Waals surface area (Å²) in [5.74, 6) is 0.134. The first-order valence-electron chi connectivity index (χ1n) is 4.41. The van der Waals surface area contributed by atoms with Gasteiger partial charge in [0.05, 0.1) is 7.11 Å². The van der Waals surface area contributed by atoms with Crippen molar-refractivity contribution >= 4 is 0 Å². The summed E-state index contributed by atoms with van der Waals surface area (Å²) in [5, 5.41) is 0. The zero-order chi connectivity index (χ0) is 10.6. The molecule has 0 spiro atoms. The van der Waals surface area contributed by atoms with Gasteiger partial charge in [-0.25, -0.2) is 0 Å². The Morgan fingerprint density at radius 2 is 1.43 bits per heavy atom. The number of benzene rings is 1. The molecule has 0 aromatic heterocycles. The van der Waals surface area contributed by atoms with E-state index >= 15 is 0 Å². The minimum Gasteiger partial charge on any atom is -0.497 e. The van der Waals surface area contributed by atoms with Crippen LogP contribution in [0.1, 0.15) is 12.5 Å². The van der Waals surface area contributed by atoms with Crippen LogP contribution in [-0.4, -0.2) is 21.3 Å². The maximum absolute atomic E-state index is 5.28. The molecule has 1 aromatic rings. The smallest absolute Gasteiger partial charge is 0.191 e. The Kier molecular flexibility index (Phi) is 3.49. The molecule has 0 bridgehead atoms. The van der Waals surface area contributed by atoms with Crippen molar-refractivity contribution in [3.05, 3.63) is 29.8 Å². The first-order chi connectivity index (χ1) is 6.66. The van der Waals surface area contributed by atoms with E-state index in [0.717, 1.165) is 11.3 Å². The van der Waals surface area contributed by atoms with Gasteiger partial charge in [-0.3, -0.25) is 0 Å². The molecule has 1 aromatic carbocycles. The van der Waals surface area contributed by atoms with Crippen LogP contribution < -0.4 is 4.74 Å². The van der Waals surface area contributed by atoms with E-state index in [9.17, 15) is 0 Å². The summed E-state index contributed by atoms with van der Waals surface area (Å²) >= 11 is 0. The van der Waals surface area contributed by atoms with E-state index in [-0.39, 0.29) is 0 Å². The normalized spacial score (nSPS) is 11.4. The molecule has 0 heterocycles. The third-order valence-corrected chi connectivity index (χ3v) is 2.39. The molecule has 0 N–H and O–H groups in total. The standard InChI is InChI=1S/C11H16O3/c1-11(13-3,14-4)9-5-7-10(12-2)8-6-9/h5-8H,1-4H3. The van der Waals surface area contributed by atoms with Gasteiger partial charge in [0.25, 0.3) is 0 Å². The van der Waals surface area contributed by atoms with E-state index in [1.165, 1.54) is 0 Å². The summed E-state index contributed by atoms with van der Waals surface area (Å²) < 4.78 is 15.6. The molecule has 0 radical (unpaired) electrons. The van der Waals surface area contributed by atoms with Gasteiger partial charge in [0.15, 0.2) is 5.79 Å². The lowest BCUT2D eigenvalue weighted by Crippen LogP contribution is -2.26. The van der Waals surface area contributed by atoms with E-state index in [1.54, 1.807) is 21.3 Å². The van der Waals surface area contributed by atoms with E-state index < -0.39 is 5.79 Å². The summed E-state index contributed by atoms with van der Waals surface area (Å²) in [6.45, 7) is 1.87. The Morgan fingerprint density at radius 1 is 0.929 bits per heavy atom. The lowest BCUT2D eigenvalue weighted by Gasteiger charge is -2.26. The zero-order valence-electron chi connectivity index (χ0n) is 9.03. The maximum atomic E-state index is 5.28. The van der Waals surface area contributed by atoms with E-state index in [1.807, 2.05) is 31.2 Å². The number of hydrogen-bond donors (Lipinski definition) is 0. The van der Waals surface area contributed by atoms with Gasteiger partial charge in [-0.15, -0.1) is 0 Å². The average molecular weight is 196 g/mol. The van der Waals surface area contributed by atoms with Gasteiger partial charge in [-0.2, -0.15) is 0 Å². The van der Waals surface area contributed by atoms with Crippen LogP contribution in [0.5, 0.6) is 5.75 Å². The molecule has 0 aliphatic carbocycles. The third-order valence-electron chi connectivity index (χ3n) is 2.39. The summed E-state index contributed by atoms with van der Waals surface area (Å²) in [4.78, 5) is 0. The minimum absolute atomic E-state index is 0.688. The number of rotatable bonds is 4. The van der Waals surface area contributed by atoms with Gasteiger partial charge < -0.3 is 14.2 Å². The van der Waals surface area contributed by atoms with Crippen molar-refractivity contribution in [2.75, 3.05) is 21.3 Å². The molecule has 78 valence electrons. The Balaban J connectivity index is 2.95. The second-order valence-corrected chi connectivity index (χ2v) is 3.08. The molecule has 0 atom stereocenters. The van der Waals surface area contributed by atoms with Crippen molar-refractivity contribution in [2.24, 2.45) is 0 Å². The van der Waals surface area contributed by atoms with Crippen molar-refractivity contribution in [1.82, 2.24) is 0 Å². The molecule has 0 amide bonds. The Hall–Kier alpha value is -1.06. The molecule has 0 saturated carbocycles. The Morgan fingerprint density at radius 3 is 1.79 bits per heavy atom. The summed E-state index contributed by atoms with van der Waals surface area (Å²) in [6.07, 6.45) is 0. The molecule has 3 nitrogen and oxygen atoms in total. The fourth-order valence-corrected chi connectivity index (χ4v) is 1.21. The highest BCUT2D eigenvalue weighted by molar-refractivity contribution is 5.29. The topological polar surface area (TPSA) is 27.7 Å². The highest BCUT2D eigenvalue weighted by atomic mass is 16.7. The molecule has 0 saturated heterocycles. The lowest BCUT2D eigenvalue weighted by atomic mass is 10.1. The van der Waals surface area contributed by atoms with Crippen molar-refractivity contribution < 1.29 is 14.2 Å². The molecule has 14 heavy (non-hydrogen) atoms. The van der Waals surface area contributed by atoms with Crippen molar-refractivity contribution in [3.63, 3.8) is 0 Å². The Bertz CT molecular complexity index is 275. The molecule has 0 aliphatic heterocycles. The maximum Gasteiger partial charge on any atom is 0.191 e. The summed E-state index contributed by atoms with van der Waals surface area (Å²) in [5.41, 5.74) is 0.961. The number of hydrogen-bond acceptors (Lipinski definition) is 3. The quantitative estimate of drug-likeness (QED) is 0.691. The predicted octanol–water partition coefficient (Wildman–Crippen LogP) is 2.16. The molecular formula is C11H16O3. The second-order valence-electron chi connectivity index (χ2n) is 3.08. The van der Waals surface area contributed by atoms with Gasteiger partial charge in [0.1, 0.15) is 5.75 Å². The lowest BCUT2D eigenvalue weighted by molar-refractivity contribution is -0.201. The van der Waals surface area contributed by atoms with Gasteiger partial charge in [0, 0.05) is 19.8 Å². The van der Waals surface area contributed by atoms with Gasteiger partial charge in [0.2, 0.25) is 0 Å². The zero-order valence-corrected chi connectivity index (χ0v) is 9.03. The van der Waals surface area contributed by atoms with Crippen LogP contribution in [0.25, 0.3) is 0 Å². The third kappa shape index (κ3) is 2.05.